The molecule has 0 saturated heterocycles. The van der Waals surface area contributed by atoms with Crippen molar-refractivity contribution in [2.75, 3.05) is 6.61 Å². The number of esters is 1. The molecule has 0 radical (unpaired) electrons. The third kappa shape index (κ3) is 3.43. The van der Waals surface area contributed by atoms with Crippen molar-refractivity contribution in [2.45, 2.75) is 6.92 Å². The molecule has 1 N–H and O–H groups in total. The maximum atomic E-state index is 11.1. The lowest BCUT2D eigenvalue weighted by Crippen LogP contribution is -2.01. The van der Waals surface area contributed by atoms with Crippen LogP contribution in [0.3, 0.4) is 0 Å². The van der Waals surface area contributed by atoms with Gasteiger partial charge in [-0.05, 0) is 25.1 Å². The van der Waals surface area contributed by atoms with E-state index in [2.05, 4.69) is 4.74 Å². The SMILES string of the molecule is CCOC(=O)C=C(O)c1ccc(Cl)cc1Cl. The number of hydrogen-bond acceptors (Lipinski definition) is 3. The first-order valence-corrected chi connectivity index (χ1v) is 5.33. The highest BCUT2D eigenvalue weighted by Gasteiger charge is 2.08. The summed E-state index contributed by atoms with van der Waals surface area (Å²) in [5.41, 5.74) is 0.333. The molecule has 0 atom stereocenters. The van der Waals surface area contributed by atoms with E-state index in [0.717, 1.165) is 6.08 Å². The second-order valence-electron chi connectivity index (χ2n) is 2.91. The summed E-state index contributed by atoms with van der Waals surface area (Å²) < 4.78 is 4.65. The molecular formula is C11H10Cl2O3. The maximum Gasteiger partial charge on any atom is 0.334 e. The van der Waals surface area contributed by atoms with Gasteiger partial charge in [0.15, 0.2) is 0 Å². The molecule has 0 fully saturated rings. The lowest BCUT2D eigenvalue weighted by molar-refractivity contribution is -0.137. The zero-order valence-electron chi connectivity index (χ0n) is 8.54. The number of rotatable bonds is 3. The summed E-state index contributed by atoms with van der Waals surface area (Å²) in [5, 5.41) is 10.3. The summed E-state index contributed by atoms with van der Waals surface area (Å²) in [4.78, 5) is 11.1. The van der Waals surface area contributed by atoms with Gasteiger partial charge in [-0.25, -0.2) is 4.79 Å². The van der Waals surface area contributed by atoms with Gasteiger partial charge in [-0.2, -0.15) is 0 Å². The van der Waals surface area contributed by atoms with Crippen LogP contribution in [0.4, 0.5) is 0 Å². The first-order chi connectivity index (χ1) is 7.54. The molecule has 16 heavy (non-hydrogen) atoms. The van der Waals surface area contributed by atoms with E-state index in [1.54, 1.807) is 13.0 Å². The van der Waals surface area contributed by atoms with Crippen LogP contribution >= 0.6 is 23.2 Å². The van der Waals surface area contributed by atoms with Crippen LogP contribution in [0.25, 0.3) is 5.76 Å². The number of ether oxygens (including phenoxy) is 1. The molecule has 0 heterocycles. The largest absolute Gasteiger partial charge is 0.507 e. The van der Waals surface area contributed by atoms with Crippen molar-refractivity contribution < 1.29 is 14.6 Å². The van der Waals surface area contributed by atoms with Crippen molar-refractivity contribution in [1.82, 2.24) is 0 Å². The third-order valence-electron chi connectivity index (χ3n) is 1.75. The number of aliphatic hydroxyl groups is 1. The van der Waals surface area contributed by atoms with Crippen molar-refractivity contribution in [1.29, 1.82) is 0 Å². The molecule has 0 spiro atoms. The topological polar surface area (TPSA) is 46.5 Å². The lowest BCUT2D eigenvalue weighted by atomic mass is 10.2. The molecule has 0 aliphatic rings. The second kappa shape index (κ2) is 5.77. The molecule has 86 valence electrons. The van der Waals surface area contributed by atoms with Gasteiger partial charge in [0.05, 0.1) is 17.7 Å². The average Bonchev–Trinajstić information content (AvgIpc) is 2.17. The van der Waals surface area contributed by atoms with Crippen LogP contribution in [0.1, 0.15) is 12.5 Å². The standard InChI is InChI=1S/C11H10Cl2O3/c1-2-16-11(15)6-10(14)8-4-3-7(12)5-9(8)13/h3-6,14H,2H2,1H3. The quantitative estimate of drug-likeness (QED) is 0.515. The highest BCUT2D eigenvalue weighted by atomic mass is 35.5. The molecule has 0 aromatic heterocycles. The Balaban J connectivity index is 2.96. The monoisotopic (exact) mass is 260 g/mol. The lowest BCUT2D eigenvalue weighted by Gasteiger charge is -2.03. The Morgan fingerprint density at radius 3 is 2.75 bits per heavy atom. The van der Waals surface area contributed by atoms with Gasteiger partial charge in [-0.3, -0.25) is 0 Å². The Morgan fingerprint density at radius 1 is 1.50 bits per heavy atom. The molecule has 0 unspecified atom stereocenters. The van der Waals surface area contributed by atoms with E-state index >= 15 is 0 Å². The van der Waals surface area contributed by atoms with E-state index in [0.29, 0.717) is 10.6 Å². The van der Waals surface area contributed by atoms with E-state index in [1.165, 1.54) is 12.1 Å². The summed E-state index contributed by atoms with van der Waals surface area (Å²) in [7, 11) is 0. The Morgan fingerprint density at radius 2 is 2.19 bits per heavy atom. The summed E-state index contributed by atoms with van der Waals surface area (Å²) >= 11 is 11.5. The van der Waals surface area contributed by atoms with Crippen LogP contribution in [0.5, 0.6) is 0 Å². The molecule has 1 aromatic carbocycles. The minimum Gasteiger partial charge on any atom is -0.507 e. The number of aliphatic hydroxyl groups excluding tert-OH is 1. The van der Waals surface area contributed by atoms with Gasteiger partial charge in [0.1, 0.15) is 5.76 Å². The highest BCUT2D eigenvalue weighted by molar-refractivity contribution is 6.35. The van der Waals surface area contributed by atoms with E-state index in [1.807, 2.05) is 0 Å². The summed E-state index contributed by atoms with van der Waals surface area (Å²) in [5.74, 6) is -0.869. The molecule has 3 nitrogen and oxygen atoms in total. The van der Waals surface area contributed by atoms with E-state index < -0.39 is 5.97 Å². The van der Waals surface area contributed by atoms with Crippen LogP contribution in [0, 0.1) is 0 Å². The molecule has 1 rings (SSSR count). The van der Waals surface area contributed by atoms with Gasteiger partial charge in [0.2, 0.25) is 0 Å². The van der Waals surface area contributed by atoms with Gasteiger partial charge in [0, 0.05) is 10.6 Å². The average molecular weight is 261 g/mol. The van der Waals surface area contributed by atoms with E-state index in [-0.39, 0.29) is 17.4 Å². The van der Waals surface area contributed by atoms with Crippen LogP contribution < -0.4 is 0 Å². The fourth-order valence-corrected chi connectivity index (χ4v) is 1.58. The predicted molar refractivity (Wildman–Crippen MR) is 63.7 cm³/mol. The summed E-state index contributed by atoms with van der Waals surface area (Å²) in [6.45, 7) is 1.93. The van der Waals surface area contributed by atoms with Gasteiger partial charge in [-0.1, -0.05) is 23.2 Å². The normalized spacial score (nSPS) is 11.3. The Labute approximate surface area is 103 Å². The van der Waals surface area contributed by atoms with Crippen LogP contribution in [-0.4, -0.2) is 17.7 Å². The van der Waals surface area contributed by atoms with Gasteiger partial charge in [0.25, 0.3) is 0 Å². The van der Waals surface area contributed by atoms with Gasteiger partial charge < -0.3 is 9.84 Å². The number of halogens is 2. The second-order valence-corrected chi connectivity index (χ2v) is 3.75. The third-order valence-corrected chi connectivity index (χ3v) is 2.30. The first-order valence-electron chi connectivity index (χ1n) is 4.57. The molecule has 0 saturated carbocycles. The van der Waals surface area contributed by atoms with E-state index in [9.17, 15) is 9.90 Å². The fraction of sp³-hybridized carbons (Fsp3) is 0.182. The van der Waals surface area contributed by atoms with E-state index in [4.69, 9.17) is 23.2 Å². The molecule has 0 amide bonds. The van der Waals surface area contributed by atoms with Crippen molar-refractivity contribution in [3.8, 4) is 0 Å². The van der Waals surface area contributed by atoms with Crippen LogP contribution in [-0.2, 0) is 9.53 Å². The number of carbonyl (C=O) groups is 1. The smallest absolute Gasteiger partial charge is 0.334 e. The molecule has 0 aliphatic carbocycles. The van der Waals surface area contributed by atoms with Crippen LogP contribution in [0.15, 0.2) is 24.3 Å². The van der Waals surface area contributed by atoms with Crippen LogP contribution in [0.2, 0.25) is 10.0 Å². The zero-order chi connectivity index (χ0) is 12.1. The Bertz CT molecular complexity index is 427. The molecular weight excluding hydrogens is 251 g/mol. The Kier molecular flexibility index (Phi) is 4.65. The van der Waals surface area contributed by atoms with Crippen molar-refractivity contribution in [3.63, 3.8) is 0 Å². The minimum atomic E-state index is -0.619. The molecule has 5 heteroatoms. The molecule has 1 aromatic rings. The number of hydrogen-bond donors (Lipinski definition) is 1. The number of benzene rings is 1. The molecule has 0 aliphatic heterocycles. The summed E-state index contributed by atoms with van der Waals surface area (Å²) in [6, 6.07) is 4.57. The van der Waals surface area contributed by atoms with Gasteiger partial charge >= 0.3 is 5.97 Å². The van der Waals surface area contributed by atoms with Crippen molar-refractivity contribution >= 4 is 34.9 Å². The predicted octanol–water partition coefficient (Wildman–Crippen LogP) is 3.46. The minimum absolute atomic E-state index is 0.247. The maximum absolute atomic E-state index is 11.1. The number of carbonyl (C=O) groups excluding carboxylic acids is 1. The Hall–Kier alpha value is -1.19. The molecule has 0 bridgehead atoms. The van der Waals surface area contributed by atoms with Gasteiger partial charge in [-0.15, -0.1) is 0 Å². The zero-order valence-corrected chi connectivity index (χ0v) is 10.0. The highest BCUT2D eigenvalue weighted by Crippen LogP contribution is 2.25. The first kappa shape index (κ1) is 12.9. The van der Waals surface area contributed by atoms with Crippen molar-refractivity contribution in [3.05, 3.63) is 39.9 Å². The summed E-state index contributed by atoms with van der Waals surface area (Å²) in [6.07, 6.45) is 0.971. The van der Waals surface area contributed by atoms with Crippen molar-refractivity contribution in [2.24, 2.45) is 0 Å². The fourth-order valence-electron chi connectivity index (χ4n) is 1.07.